The number of ether oxygens (including phenoxy) is 1. The molecule has 4 aromatic heterocycles. The van der Waals surface area contributed by atoms with Gasteiger partial charge in [-0.1, -0.05) is 17.5 Å². The van der Waals surface area contributed by atoms with Gasteiger partial charge in [-0.25, -0.2) is 4.98 Å². The molecule has 0 amide bonds. The van der Waals surface area contributed by atoms with E-state index in [2.05, 4.69) is 31.4 Å². The number of hydrogen-bond acceptors (Lipinski definition) is 5. The van der Waals surface area contributed by atoms with E-state index in [1.165, 1.54) is 0 Å². The molecule has 5 rings (SSSR count). The molecule has 0 aliphatic rings. The average Bonchev–Trinajstić information content (AvgIpc) is 3.30. The van der Waals surface area contributed by atoms with E-state index in [4.69, 9.17) is 22.8 Å². The number of rotatable bonds is 4. The van der Waals surface area contributed by atoms with E-state index >= 15 is 0 Å². The lowest BCUT2D eigenvalue weighted by molar-refractivity contribution is 0.466. The van der Waals surface area contributed by atoms with Crippen LogP contribution in [-0.4, -0.2) is 24.7 Å². The summed E-state index contributed by atoms with van der Waals surface area (Å²) in [7, 11) is 1.93. The lowest BCUT2D eigenvalue weighted by Crippen LogP contribution is -1.93. The van der Waals surface area contributed by atoms with Crippen molar-refractivity contribution in [3.63, 3.8) is 0 Å². The maximum atomic E-state index is 6.63. The van der Waals surface area contributed by atoms with Gasteiger partial charge in [0.25, 0.3) is 0 Å². The minimum atomic E-state index is 0.439. The van der Waals surface area contributed by atoms with E-state index in [0.29, 0.717) is 28.0 Å². The lowest BCUT2D eigenvalue weighted by Gasteiger charge is -2.08. The highest BCUT2D eigenvalue weighted by atomic mass is 35.5. The highest BCUT2D eigenvalue weighted by Crippen LogP contribution is 2.38. The number of terminal acetylenes is 1. The topological polar surface area (TPSA) is 80.6 Å². The first kappa shape index (κ1) is 18.0. The van der Waals surface area contributed by atoms with Crippen molar-refractivity contribution in [3.05, 3.63) is 65.6 Å². The number of aromatic amines is 1. The predicted octanol–water partition coefficient (Wildman–Crippen LogP) is 5.02. The summed E-state index contributed by atoms with van der Waals surface area (Å²) in [6, 6.07) is 11.1. The van der Waals surface area contributed by atoms with Crippen LogP contribution in [0.25, 0.3) is 21.9 Å². The van der Waals surface area contributed by atoms with Crippen LogP contribution in [0.3, 0.4) is 0 Å². The third kappa shape index (κ3) is 3.09. The Balaban J connectivity index is 1.51. The van der Waals surface area contributed by atoms with Gasteiger partial charge in [-0.15, -0.1) is 6.42 Å². The number of anilines is 2. The third-order valence-corrected chi connectivity index (χ3v) is 5.01. The van der Waals surface area contributed by atoms with Crippen molar-refractivity contribution in [2.75, 3.05) is 5.32 Å². The zero-order valence-electron chi connectivity index (χ0n) is 15.8. The van der Waals surface area contributed by atoms with Crippen LogP contribution in [0, 0.1) is 12.3 Å². The fourth-order valence-electron chi connectivity index (χ4n) is 3.29. The SMILES string of the molecule is C#Cc1ccc(Oc2cn(C)c3cc(Nc4n[nH]c5cccnc45)cc(Cl)c23)nc1. The van der Waals surface area contributed by atoms with E-state index in [0.717, 1.165) is 27.6 Å². The molecule has 0 atom stereocenters. The third-order valence-electron chi connectivity index (χ3n) is 4.71. The number of nitrogens with one attached hydrogen (secondary N) is 2. The molecule has 0 bridgehead atoms. The Morgan fingerprint density at radius 1 is 1.23 bits per heavy atom. The van der Waals surface area contributed by atoms with E-state index < -0.39 is 0 Å². The van der Waals surface area contributed by atoms with Gasteiger partial charge in [-0.05, 0) is 30.3 Å². The number of halogens is 1. The molecule has 8 heteroatoms. The predicted molar refractivity (Wildman–Crippen MR) is 117 cm³/mol. The molecule has 4 heterocycles. The molecule has 0 saturated carbocycles. The maximum absolute atomic E-state index is 6.63. The number of fused-ring (bicyclic) bond motifs is 2. The van der Waals surface area contributed by atoms with E-state index in [1.807, 2.05) is 42.1 Å². The Labute approximate surface area is 176 Å². The second-order valence-electron chi connectivity index (χ2n) is 6.68. The first-order valence-corrected chi connectivity index (χ1v) is 9.45. The summed E-state index contributed by atoms with van der Waals surface area (Å²) in [4.78, 5) is 8.61. The molecule has 5 aromatic rings. The average molecular weight is 415 g/mol. The van der Waals surface area contributed by atoms with Crippen molar-refractivity contribution < 1.29 is 4.74 Å². The molecule has 146 valence electrons. The van der Waals surface area contributed by atoms with Crippen molar-refractivity contribution in [1.82, 2.24) is 24.7 Å². The van der Waals surface area contributed by atoms with Crippen molar-refractivity contribution in [3.8, 4) is 24.0 Å². The summed E-state index contributed by atoms with van der Waals surface area (Å²) < 4.78 is 7.91. The number of H-pyrrole nitrogens is 1. The largest absolute Gasteiger partial charge is 0.437 e. The number of aromatic nitrogens is 5. The smallest absolute Gasteiger partial charge is 0.219 e. The van der Waals surface area contributed by atoms with Gasteiger partial charge in [-0.3, -0.25) is 10.1 Å². The lowest BCUT2D eigenvalue weighted by atomic mass is 10.2. The molecule has 7 nitrogen and oxygen atoms in total. The number of hydrogen-bond donors (Lipinski definition) is 2. The van der Waals surface area contributed by atoms with Crippen LogP contribution in [0.4, 0.5) is 11.5 Å². The second kappa shape index (κ2) is 7.10. The minimum absolute atomic E-state index is 0.439. The monoisotopic (exact) mass is 414 g/mol. The molecule has 0 aliphatic carbocycles. The molecule has 2 N–H and O–H groups in total. The molecule has 30 heavy (non-hydrogen) atoms. The van der Waals surface area contributed by atoms with Crippen molar-refractivity contribution >= 4 is 45.0 Å². The first-order valence-electron chi connectivity index (χ1n) is 9.07. The number of pyridine rings is 2. The minimum Gasteiger partial charge on any atom is -0.437 e. The van der Waals surface area contributed by atoms with Crippen LogP contribution in [0.1, 0.15) is 5.56 Å². The summed E-state index contributed by atoms with van der Waals surface area (Å²) in [5, 5.41) is 11.9. The Bertz CT molecular complexity index is 1430. The molecule has 0 radical (unpaired) electrons. The van der Waals surface area contributed by atoms with Gasteiger partial charge >= 0.3 is 0 Å². The maximum Gasteiger partial charge on any atom is 0.219 e. The number of nitrogens with zero attached hydrogens (tertiary/aromatic N) is 4. The van der Waals surface area contributed by atoms with Crippen LogP contribution in [0.2, 0.25) is 5.02 Å². The van der Waals surface area contributed by atoms with Gasteiger partial charge < -0.3 is 14.6 Å². The van der Waals surface area contributed by atoms with Gasteiger partial charge in [0, 0.05) is 43.0 Å². The highest BCUT2D eigenvalue weighted by molar-refractivity contribution is 6.36. The van der Waals surface area contributed by atoms with Crippen LogP contribution in [0.15, 0.2) is 55.0 Å². The van der Waals surface area contributed by atoms with Crippen LogP contribution in [0.5, 0.6) is 11.6 Å². The van der Waals surface area contributed by atoms with E-state index in [9.17, 15) is 0 Å². The first-order chi connectivity index (χ1) is 14.6. The second-order valence-corrected chi connectivity index (χ2v) is 7.09. The summed E-state index contributed by atoms with van der Waals surface area (Å²) in [6.45, 7) is 0. The van der Waals surface area contributed by atoms with Gasteiger partial charge in [0.15, 0.2) is 11.6 Å². The van der Waals surface area contributed by atoms with Crippen molar-refractivity contribution in [1.29, 1.82) is 0 Å². The van der Waals surface area contributed by atoms with Crippen molar-refractivity contribution in [2.45, 2.75) is 0 Å². The Hall–Kier alpha value is -4.02. The molecule has 0 aliphatic heterocycles. The summed E-state index contributed by atoms with van der Waals surface area (Å²) in [5.74, 6) is 4.21. The molecule has 1 aromatic carbocycles. The molecule has 0 fully saturated rings. The standard InChI is InChI=1S/C22H15ClN6O/c1-3-13-6-7-19(25-11-13)30-18-12-29(2)17-10-14(9-15(23)20(17)18)26-22-21-16(27-28-22)5-4-8-24-21/h1,4-12H,2H3,(H2,26,27,28). The van der Waals surface area contributed by atoms with Crippen LogP contribution in [-0.2, 0) is 7.05 Å². The fourth-order valence-corrected chi connectivity index (χ4v) is 3.60. The molecule has 0 spiro atoms. The molecule has 0 saturated heterocycles. The number of aryl methyl sites for hydroxylation is 1. The molecular formula is C22H15ClN6O. The normalized spacial score (nSPS) is 11.0. The van der Waals surface area contributed by atoms with Gasteiger partial charge in [0.05, 0.1) is 21.4 Å². The van der Waals surface area contributed by atoms with Crippen molar-refractivity contribution in [2.24, 2.45) is 7.05 Å². The van der Waals surface area contributed by atoms with Crippen LogP contribution < -0.4 is 10.1 Å². The zero-order chi connectivity index (χ0) is 20.7. The van der Waals surface area contributed by atoms with Gasteiger partial charge in [0.1, 0.15) is 5.52 Å². The van der Waals surface area contributed by atoms with Gasteiger partial charge in [-0.2, -0.15) is 5.10 Å². The van der Waals surface area contributed by atoms with Crippen LogP contribution >= 0.6 is 11.6 Å². The summed E-state index contributed by atoms with van der Waals surface area (Å²) >= 11 is 6.63. The highest BCUT2D eigenvalue weighted by Gasteiger charge is 2.15. The van der Waals surface area contributed by atoms with E-state index in [-0.39, 0.29) is 0 Å². The fraction of sp³-hybridized carbons (Fsp3) is 0.0455. The molecule has 0 unspecified atom stereocenters. The quantitative estimate of drug-likeness (QED) is 0.404. The zero-order valence-corrected chi connectivity index (χ0v) is 16.6. The Kier molecular flexibility index (Phi) is 4.27. The van der Waals surface area contributed by atoms with Gasteiger partial charge in [0.2, 0.25) is 5.88 Å². The van der Waals surface area contributed by atoms with E-state index in [1.54, 1.807) is 24.5 Å². The summed E-state index contributed by atoms with van der Waals surface area (Å²) in [5.41, 5.74) is 3.98. The Morgan fingerprint density at radius 3 is 2.93 bits per heavy atom. The summed E-state index contributed by atoms with van der Waals surface area (Å²) in [6.07, 6.45) is 10.6. The molecular weight excluding hydrogens is 400 g/mol. The Morgan fingerprint density at radius 2 is 2.13 bits per heavy atom. The number of benzene rings is 1.